The van der Waals surface area contributed by atoms with Crippen molar-refractivity contribution < 1.29 is 36.2 Å². The summed E-state index contributed by atoms with van der Waals surface area (Å²) in [6.07, 6.45) is -8.18. The molecule has 4 nitrogen and oxygen atoms in total. The standard InChI is InChI=1S/C12H11BrF5NO3/c1-2-21-8(20)3-7-9(11(14)15)10(22-12(16,17)18)6(4-13)5-19-7/h5,11H,2-4H2,1H3. The summed E-state index contributed by atoms with van der Waals surface area (Å²) in [5.74, 6) is -1.92. The molecule has 0 saturated carbocycles. The highest BCUT2D eigenvalue weighted by Gasteiger charge is 2.36. The highest BCUT2D eigenvalue weighted by molar-refractivity contribution is 9.08. The van der Waals surface area contributed by atoms with Crippen LogP contribution in [0.25, 0.3) is 0 Å². The minimum atomic E-state index is -5.15. The molecule has 0 aliphatic carbocycles. The number of nitrogens with zero attached hydrogens (tertiary/aromatic N) is 1. The van der Waals surface area contributed by atoms with E-state index < -0.39 is 42.2 Å². The Morgan fingerprint density at radius 1 is 1.41 bits per heavy atom. The molecule has 1 heterocycles. The molecule has 22 heavy (non-hydrogen) atoms. The monoisotopic (exact) mass is 391 g/mol. The van der Waals surface area contributed by atoms with Crippen LogP contribution >= 0.6 is 15.9 Å². The predicted octanol–water partition coefficient (Wildman–Crippen LogP) is 3.92. The van der Waals surface area contributed by atoms with Crippen LogP contribution in [0.2, 0.25) is 0 Å². The summed E-state index contributed by atoms with van der Waals surface area (Å²) in [6.45, 7) is 1.51. The fourth-order valence-electron chi connectivity index (χ4n) is 1.63. The molecule has 1 aromatic heterocycles. The van der Waals surface area contributed by atoms with E-state index in [1.807, 2.05) is 0 Å². The maximum absolute atomic E-state index is 13.2. The van der Waals surface area contributed by atoms with Crippen molar-refractivity contribution in [3.05, 3.63) is 23.0 Å². The molecule has 0 aliphatic rings. The second kappa shape index (κ2) is 7.70. The topological polar surface area (TPSA) is 48.4 Å². The first-order chi connectivity index (χ1) is 10.2. The minimum absolute atomic E-state index is 0.00817. The summed E-state index contributed by atoms with van der Waals surface area (Å²) in [4.78, 5) is 15.0. The van der Waals surface area contributed by atoms with Gasteiger partial charge in [-0.2, -0.15) is 0 Å². The smallest absolute Gasteiger partial charge is 0.466 e. The lowest BCUT2D eigenvalue weighted by Crippen LogP contribution is -2.21. The van der Waals surface area contributed by atoms with Gasteiger partial charge in [-0.1, -0.05) is 15.9 Å². The highest BCUT2D eigenvalue weighted by atomic mass is 79.9. The number of hydrogen-bond acceptors (Lipinski definition) is 4. The van der Waals surface area contributed by atoms with Gasteiger partial charge in [0.25, 0.3) is 6.43 Å². The average Bonchev–Trinajstić information content (AvgIpc) is 2.37. The van der Waals surface area contributed by atoms with E-state index in [1.165, 1.54) is 6.92 Å². The molecule has 124 valence electrons. The van der Waals surface area contributed by atoms with Crippen molar-refractivity contribution in [2.24, 2.45) is 0 Å². The molecule has 0 aliphatic heterocycles. The summed E-state index contributed by atoms with van der Waals surface area (Å²) < 4.78 is 71.9. The summed E-state index contributed by atoms with van der Waals surface area (Å²) >= 11 is 2.88. The fourth-order valence-corrected chi connectivity index (χ4v) is 2.03. The van der Waals surface area contributed by atoms with Crippen LogP contribution in [0.1, 0.15) is 30.2 Å². The Balaban J connectivity index is 3.34. The van der Waals surface area contributed by atoms with Gasteiger partial charge in [0.05, 0.1) is 24.3 Å². The lowest BCUT2D eigenvalue weighted by atomic mass is 10.1. The number of carbonyl (C=O) groups is 1. The molecule has 1 aromatic rings. The molecule has 0 saturated heterocycles. The zero-order valence-electron chi connectivity index (χ0n) is 11.2. The fraction of sp³-hybridized carbons (Fsp3) is 0.500. The van der Waals surface area contributed by atoms with Crippen molar-refractivity contribution in [2.75, 3.05) is 6.61 Å². The maximum Gasteiger partial charge on any atom is 0.573 e. The van der Waals surface area contributed by atoms with Gasteiger partial charge in [-0.15, -0.1) is 13.2 Å². The average molecular weight is 392 g/mol. The number of aromatic nitrogens is 1. The molecular weight excluding hydrogens is 381 g/mol. The van der Waals surface area contributed by atoms with Crippen LogP contribution in [0.3, 0.4) is 0 Å². The minimum Gasteiger partial charge on any atom is -0.466 e. The third kappa shape index (κ3) is 5.08. The van der Waals surface area contributed by atoms with Gasteiger partial charge >= 0.3 is 12.3 Å². The van der Waals surface area contributed by atoms with E-state index in [1.54, 1.807) is 0 Å². The van der Waals surface area contributed by atoms with E-state index in [4.69, 9.17) is 0 Å². The first-order valence-electron chi connectivity index (χ1n) is 5.95. The second-order valence-electron chi connectivity index (χ2n) is 3.94. The van der Waals surface area contributed by atoms with Crippen molar-refractivity contribution in [2.45, 2.75) is 31.5 Å². The van der Waals surface area contributed by atoms with Crippen LogP contribution in [0, 0.1) is 0 Å². The normalized spacial score (nSPS) is 11.6. The van der Waals surface area contributed by atoms with Crippen LogP contribution in [0.15, 0.2) is 6.20 Å². The Bertz CT molecular complexity index is 536. The molecule has 0 spiro atoms. The third-order valence-electron chi connectivity index (χ3n) is 2.42. The van der Waals surface area contributed by atoms with Gasteiger partial charge in [0, 0.05) is 17.1 Å². The Hall–Kier alpha value is -1.45. The first-order valence-corrected chi connectivity index (χ1v) is 7.07. The van der Waals surface area contributed by atoms with E-state index in [0.717, 1.165) is 6.20 Å². The maximum atomic E-state index is 13.2. The first kappa shape index (κ1) is 18.6. The van der Waals surface area contributed by atoms with Gasteiger partial charge in [-0.3, -0.25) is 9.78 Å². The Morgan fingerprint density at radius 3 is 2.50 bits per heavy atom. The number of carbonyl (C=O) groups excluding carboxylic acids is 1. The van der Waals surface area contributed by atoms with E-state index in [0.29, 0.717) is 0 Å². The van der Waals surface area contributed by atoms with E-state index in [9.17, 15) is 26.7 Å². The summed E-state index contributed by atoms with van der Waals surface area (Å²) in [6, 6.07) is 0. The number of pyridine rings is 1. The van der Waals surface area contributed by atoms with Gasteiger partial charge in [-0.25, -0.2) is 8.78 Å². The number of hydrogen-bond donors (Lipinski definition) is 0. The molecule has 0 bridgehead atoms. The summed E-state index contributed by atoms with van der Waals surface area (Å²) in [5, 5.41) is -0.176. The molecule has 0 aromatic carbocycles. The van der Waals surface area contributed by atoms with Crippen LogP contribution in [-0.2, 0) is 21.3 Å². The number of halogens is 6. The largest absolute Gasteiger partial charge is 0.573 e. The Morgan fingerprint density at radius 2 is 2.05 bits per heavy atom. The van der Waals surface area contributed by atoms with Gasteiger partial charge in [0.2, 0.25) is 0 Å². The third-order valence-corrected chi connectivity index (χ3v) is 3.02. The van der Waals surface area contributed by atoms with Crippen LogP contribution in [-0.4, -0.2) is 23.9 Å². The van der Waals surface area contributed by atoms with Gasteiger partial charge in [-0.05, 0) is 6.92 Å². The molecule has 1 rings (SSSR count). The van der Waals surface area contributed by atoms with Crippen LogP contribution in [0.4, 0.5) is 22.0 Å². The predicted molar refractivity (Wildman–Crippen MR) is 68.8 cm³/mol. The van der Waals surface area contributed by atoms with Crippen molar-refractivity contribution >= 4 is 21.9 Å². The highest BCUT2D eigenvalue weighted by Crippen LogP contribution is 2.38. The number of esters is 1. The summed E-state index contributed by atoms with van der Waals surface area (Å²) in [5.41, 5.74) is -1.79. The zero-order valence-corrected chi connectivity index (χ0v) is 12.8. The van der Waals surface area contributed by atoms with Gasteiger partial charge in [0.1, 0.15) is 5.75 Å². The number of rotatable bonds is 6. The van der Waals surface area contributed by atoms with Crippen molar-refractivity contribution in [3.63, 3.8) is 0 Å². The SMILES string of the molecule is CCOC(=O)Cc1ncc(CBr)c(OC(F)(F)F)c1C(F)F. The van der Waals surface area contributed by atoms with Crippen molar-refractivity contribution in [1.29, 1.82) is 0 Å². The zero-order chi connectivity index (χ0) is 16.9. The lowest BCUT2D eigenvalue weighted by Gasteiger charge is -2.18. The Labute approximate surface area is 130 Å². The van der Waals surface area contributed by atoms with Crippen LogP contribution in [0.5, 0.6) is 5.75 Å². The van der Waals surface area contributed by atoms with Gasteiger partial charge < -0.3 is 9.47 Å². The van der Waals surface area contributed by atoms with Crippen molar-refractivity contribution in [1.82, 2.24) is 4.98 Å². The quantitative estimate of drug-likeness (QED) is 0.419. The van der Waals surface area contributed by atoms with E-state index in [2.05, 4.69) is 30.4 Å². The number of alkyl halides is 6. The van der Waals surface area contributed by atoms with E-state index >= 15 is 0 Å². The van der Waals surface area contributed by atoms with Crippen LogP contribution < -0.4 is 4.74 Å². The molecule has 10 heteroatoms. The number of ether oxygens (including phenoxy) is 2. The van der Waals surface area contributed by atoms with Crippen molar-refractivity contribution in [3.8, 4) is 5.75 Å². The molecule has 0 amide bonds. The molecule has 0 atom stereocenters. The molecule has 0 radical (unpaired) electrons. The lowest BCUT2D eigenvalue weighted by molar-refractivity contribution is -0.275. The van der Waals surface area contributed by atoms with Gasteiger partial charge in [0.15, 0.2) is 0 Å². The molecule has 0 unspecified atom stereocenters. The van der Waals surface area contributed by atoms with E-state index in [-0.39, 0.29) is 17.5 Å². The Kier molecular flexibility index (Phi) is 6.51. The molecule has 0 N–H and O–H groups in total. The molecular formula is C12H11BrF5NO3. The second-order valence-corrected chi connectivity index (χ2v) is 4.50. The summed E-state index contributed by atoms with van der Waals surface area (Å²) in [7, 11) is 0. The molecule has 0 fully saturated rings.